The molecule has 1 aliphatic carbocycles. The van der Waals surface area contributed by atoms with Crippen LogP contribution in [0.25, 0.3) is 0 Å². The Labute approximate surface area is 84.0 Å². The summed E-state index contributed by atoms with van der Waals surface area (Å²) < 4.78 is 0. The van der Waals surface area contributed by atoms with Gasteiger partial charge in [0.05, 0.1) is 13.2 Å². The van der Waals surface area contributed by atoms with E-state index in [2.05, 4.69) is 0 Å². The average molecular weight is 208 g/mol. The summed E-state index contributed by atoms with van der Waals surface area (Å²) >= 11 is 0. The highest BCUT2D eigenvalue weighted by molar-refractivity contribution is 5.53. The molecule has 0 saturated heterocycles. The molecule has 1 saturated carbocycles. The molecule has 0 aliphatic heterocycles. The second-order valence-electron chi connectivity index (χ2n) is 2.85. The van der Waals surface area contributed by atoms with Gasteiger partial charge in [0.25, 0.3) is 0 Å². The van der Waals surface area contributed by atoms with Crippen LogP contribution in [0.3, 0.4) is 0 Å². The second kappa shape index (κ2) is 14.7. The number of carboxylic acid groups (broad SMARTS) is 2. The fourth-order valence-corrected chi connectivity index (χ4v) is 1.06. The Balaban J connectivity index is 0. The van der Waals surface area contributed by atoms with Crippen LogP contribution in [0.15, 0.2) is 0 Å². The maximum Gasteiger partial charge on any atom is 0.503 e. The van der Waals surface area contributed by atoms with Gasteiger partial charge in [0.15, 0.2) is 0 Å². The van der Waals surface area contributed by atoms with E-state index in [1.54, 1.807) is 0 Å². The zero-order chi connectivity index (χ0) is 11.2. The molecule has 1 fully saturated rings. The molecule has 0 radical (unpaired) electrons. The quantitative estimate of drug-likeness (QED) is 0.524. The van der Waals surface area contributed by atoms with Crippen molar-refractivity contribution in [3.63, 3.8) is 0 Å². The molecule has 0 unspecified atom stereocenters. The van der Waals surface area contributed by atoms with Crippen molar-refractivity contribution in [2.24, 2.45) is 0 Å². The molecule has 0 aromatic carbocycles. The van der Waals surface area contributed by atoms with Gasteiger partial charge in [-0.15, -0.1) is 0 Å². The highest BCUT2D eigenvalue weighted by Crippen LogP contribution is 2.15. The zero-order valence-corrected chi connectivity index (χ0v) is 8.35. The van der Waals surface area contributed by atoms with E-state index in [-0.39, 0.29) is 13.2 Å². The Morgan fingerprint density at radius 2 is 0.929 bits per heavy atom. The Kier molecular flexibility index (Phi) is 16.4. The summed E-state index contributed by atoms with van der Waals surface area (Å²) in [7, 11) is 0. The first-order valence-electron chi connectivity index (χ1n) is 4.78. The van der Waals surface area contributed by atoms with Crippen LogP contribution in [0.4, 0.5) is 4.79 Å². The first-order valence-corrected chi connectivity index (χ1v) is 4.78. The minimum atomic E-state index is -1.83. The molecule has 0 atom stereocenters. The molecule has 4 N–H and O–H groups in total. The van der Waals surface area contributed by atoms with Crippen LogP contribution >= 0.6 is 0 Å². The van der Waals surface area contributed by atoms with Gasteiger partial charge < -0.3 is 20.4 Å². The van der Waals surface area contributed by atoms with Gasteiger partial charge in [-0.1, -0.05) is 38.5 Å². The minimum Gasteiger partial charge on any atom is -0.450 e. The number of rotatable bonds is 1. The molecule has 0 amide bonds. The molecule has 0 aromatic heterocycles. The summed E-state index contributed by atoms with van der Waals surface area (Å²) in [4.78, 5) is 8.56. The van der Waals surface area contributed by atoms with Crippen molar-refractivity contribution in [1.82, 2.24) is 0 Å². The summed E-state index contributed by atoms with van der Waals surface area (Å²) in [5.74, 6) is 0. The van der Waals surface area contributed by atoms with Gasteiger partial charge in [-0.2, -0.15) is 0 Å². The Morgan fingerprint density at radius 1 is 0.786 bits per heavy atom. The Morgan fingerprint density at radius 3 is 1.00 bits per heavy atom. The van der Waals surface area contributed by atoms with Gasteiger partial charge >= 0.3 is 6.16 Å². The molecule has 0 spiro atoms. The van der Waals surface area contributed by atoms with E-state index >= 15 is 0 Å². The van der Waals surface area contributed by atoms with Crippen molar-refractivity contribution < 1.29 is 25.2 Å². The summed E-state index contributed by atoms with van der Waals surface area (Å²) in [6, 6.07) is 0. The summed E-state index contributed by atoms with van der Waals surface area (Å²) in [5, 5.41) is 29.2. The van der Waals surface area contributed by atoms with Crippen LogP contribution in [0, 0.1) is 0 Å². The molecule has 0 bridgehead atoms. The van der Waals surface area contributed by atoms with E-state index < -0.39 is 6.16 Å². The van der Waals surface area contributed by atoms with Crippen molar-refractivity contribution in [2.75, 3.05) is 13.2 Å². The predicted molar refractivity (Wildman–Crippen MR) is 52.5 cm³/mol. The standard InChI is InChI=1S/C6H12.C2H6O2.CH2O3/c1-2-4-6-5-3-1;3-1-2-4;2-1(3)4/h1-6H2;3-4H,1-2H2;(H2,2,3,4). The van der Waals surface area contributed by atoms with Gasteiger partial charge in [0.1, 0.15) is 0 Å². The van der Waals surface area contributed by atoms with Crippen molar-refractivity contribution in [3.05, 3.63) is 0 Å². The molecule has 0 heterocycles. The SMILES string of the molecule is C1CCCCC1.O=C(O)O.OCCO. The predicted octanol–water partition coefficient (Wildman–Crippen LogP) is 1.53. The van der Waals surface area contributed by atoms with Crippen molar-refractivity contribution in [3.8, 4) is 0 Å². The van der Waals surface area contributed by atoms with Crippen molar-refractivity contribution in [1.29, 1.82) is 0 Å². The average Bonchev–Trinajstić information content (AvgIpc) is 2.20. The number of aliphatic hydroxyl groups excluding tert-OH is 2. The van der Waals surface area contributed by atoms with Gasteiger partial charge in [0, 0.05) is 0 Å². The first kappa shape index (κ1) is 15.7. The molecule has 5 heteroatoms. The van der Waals surface area contributed by atoms with E-state index in [1.807, 2.05) is 0 Å². The molecular weight excluding hydrogens is 188 g/mol. The normalized spacial score (nSPS) is 14.1. The topological polar surface area (TPSA) is 98.0 Å². The molecule has 5 nitrogen and oxygen atoms in total. The molecule has 1 aliphatic rings. The van der Waals surface area contributed by atoms with Crippen LogP contribution in [0.1, 0.15) is 38.5 Å². The highest BCUT2D eigenvalue weighted by atomic mass is 16.6. The fourth-order valence-electron chi connectivity index (χ4n) is 1.06. The Hall–Kier alpha value is -0.810. The fraction of sp³-hybridized carbons (Fsp3) is 0.889. The summed E-state index contributed by atoms with van der Waals surface area (Å²) in [6.07, 6.45) is 7.17. The number of hydrogen-bond donors (Lipinski definition) is 4. The lowest BCUT2D eigenvalue weighted by molar-refractivity contribution is 0.137. The number of carbonyl (C=O) groups is 1. The lowest BCUT2D eigenvalue weighted by Gasteiger charge is -2.05. The second-order valence-corrected chi connectivity index (χ2v) is 2.85. The Bertz CT molecular complexity index is 94.3. The largest absolute Gasteiger partial charge is 0.503 e. The lowest BCUT2D eigenvalue weighted by Crippen LogP contribution is -1.85. The highest BCUT2D eigenvalue weighted by Gasteiger charge is 1.95. The number of hydrogen-bond acceptors (Lipinski definition) is 3. The van der Waals surface area contributed by atoms with E-state index in [1.165, 1.54) is 38.5 Å². The molecule has 1 rings (SSSR count). The molecule has 0 aromatic rings. The summed E-state index contributed by atoms with van der Waals surface area (Å²) in [5.41, 5.74) is 0. The van der Waals surface area contributed by atoms with E-state index in [4.69, 9.17) is 25.2 Å². The van der Waals surface area contributed by atoms with Crippen molar-refractivity contribution >= 4 is 6.16 Å². The van der Waals surface area contributed by atoms with Crippen molar-refractivity contribution in [2.45, 2.75) is 38.5 Å². The van der Waals surface area contributed by atoms with E-state index in [9.17, 15) is 0 Å². The van der Waals surface area contributed by atoms with E-state index in [0.29, 0.717) is 0 Å². The number of aliphatic hydroxyl groups is 2. The van der Waals surface area contributed by atoms with Gasteiger partial charge in [0.2, 0.25) is 0 Å². The van der Waals surface area contributed by atoms with E-state index in [0.717, 1.165) is 0 Å². The minimum absolute atomic E-state index is 0.125. The van der Waals surface area contributed by atoms with Crippen LogP contribution in [0.2, 0.25) is 0 Å². The third-order valence-electron chi connectivity index (χ3n) is 1.60. The maximum atomic E-state index is 8.56. The zero-order valence-electron chi connectivity index (χ0n) is 8.35. The summed E-state index contributed by atoms with van der Waals surface area (Å²) in [6.45, 7) is -0.250. The van der Waals surface area contributed by atoms with Crippen LogP contribution in [-0.4, -0.2) is 39.8 Å². The third kappa shape index (κ3) is 30.3. The van der Waals surface area contributed by atoms with Crippen LogP contribution < -0.4 is 0 Å². The van der Waals surface area contributed by atoms with Crippen LogP contribution in [0.5, 0.6) is 0 Å². The van der Waals surface area contributed by atoms with Crippen LogP contribution in [-0.2, 0) is 0 Å². The lowest BCUT2D eigenvalue weighted by atomic mass is 10.0. The maximum absolute atomic E-state index is 8.56. The smallest absolute Gasteiger partial charge is 0.450 e. The third-order valence-corrected chi connectivity index (χ3v) is 1.60. The first-order chi connectivity index (χ1) is 6.65. The van der Waals surface area contributed by atoms with Gasteiger partial charge in [-0.25, -0.2) is 4.79 Å². The molecular formula is C9H20O5. The molecule has 86 valence electrons. The van der Waals surface area contributed by atoms with Gasteiger partial charge in [-0.3, -0.25) is 0 Å². The monoisotopic (exact) mass is 208 g/mol. The van der Waals surface area contributed by atoms with Gasteiger partial charge in [-0.05, 0) is 0 Å². The molecule has 14 heavy (non-hydrogen) atoms.